The predicted octanol–water partition coefficient (Wildman–Crippen LogP) is 7.42. The van der Waals surface area contributed by atoms with Crippen LogP contribution in [-0.2, 0) is 5.66 Å². The molecule has 0 spiro atoms. The van der Waals surface area contributed by atoms with Gasteiger partial charge < -0.3 is 20.5 Å². The Morgan fingerprint density at radius 2 is 1.57 bits per heavy atom. The second-order valence-corrected chi connectivity index (χ2v) is 10.1. The standard InChI is InChI=1S/C28H26ClF3N2O3/c29-19-9-7-18(8-10-19)28(33-24-13-21(30)22(31)14-25(24)34-28)20(16-4-2-1-3-5-16)15-37-26-11-6-17(27(35)36)12-23(26)32/h6-14,16,20,33-34H,1-5,15H2,(H,35,36). The molecule has 1 saturated carbocycles. The third kappa shape index (κ3) is 4.94. The summed E-state index contributed by atoms with van der Waals surface area (Å²) in [5.41, 5.74) is 0.408. The third-order valence-electron chi connectivity index (χ3n) is 7.40. The molecule has 1 fully saturated rings. The van der Waals surface area contributed by atoms with Gasteiger partial charge in [-0.15, -0.1) is 0 Å². The van der Waals surface area contributed by atoms with Crippen molar-refractivity contribution in [2.24, 2.45) is 11.8 Å². The molecule has 0 aromatic heterocycles. The Hall–Kier alpha value is -3.39. The number of halogens is 4. The van der Waals surface area contributed by atoms with E-state index in [1.165, 1.54) is 12.1 Å². The van der Waals surface area contributed by atoms with E-state index in [4.69, 9.17) is 21.4 Å². The molecule has 0 saturated heterocycles. The van der Waals surface area contributed by atoms with Crippen LogP contribution in [0.5, 0.6) is 5.75 Å². The number of rotatable bonds is 7. The number of hydrogen-bond donors (Lipinski definition) is 3. The molecular formula is C28H26ClF3N2O3. The molecule has 0 radical (unpaired) electrons. The molecule has 1 heterocycles. The third-order valence-corrected chi connectivity index (χ3v) is 7.65. The Balaban J connectivity index is 1.55. The average molecular weight is 531 g/mol. The maximum Gasteiger partial charge on any atom is 0.335 e. The van der Waals surface area contributed by atoms with E-state index in [1.54, 1.807) is 12.1 Å². The number of anilines is 2. The molecule has 1 aliphatic heterocycles. The topological polar surface area (TPSA) is 70.6 Å². The number of carbonyl (C=O) groups is 1. The summed E-state index contributed by atoms with van der Waals surface area (Å²) in [5, 5.41) is 16.5. The first-order valence-corrected chi connectivity index (χ1v) is 12.6. The van der Waals surface area contributed by atoms with Crippen molar-refractivity contribution in [3.05, 3.63) is 88.2 Å². The number of carboxylic acids is 1. The van der Waals surface area contributed by atoms with Gasteiger partial charge in [-0.25, -0.2) is 18.0 Å². The van der Waals surface area contributed by atoms with Gasteiger partial charge in [-0.2, -0.15) is 0 Å². The van der Waals surface area contributed by atoms with Gasteiger partial charge in [0.1, 0.15) is 5.66 Å². The van der Waals surface area contributed by atoms with E-state index in [0.29, 0.717) is 16.4 Å². The van der Waals surface area contributed by atoms with Gasteiger partial charge in [0.2, 0.25) is 0 Å². The first-order valence-electron chi connectivity index (χ1n) is 12.2. The lowest BCUT2D eigenvalue weighted by Gasteiger charge is -2.44. The monoisotopic (exact) mass is 530 g/mol. The smallest absolute Gasteiger partial charge is 0.335 e. The lowest BCUT2D eigenvalue weighted by atomic mass is 9.72. The number of nitrogens with one attached hydrogen (secondary N) is 2. The van der Waals surface area contributed by atoms with Crippen LogP contribution in [0, 0.1) is 29.3 Å². The van der Waals surface area contributed by atoms with Crippen molar-refractivity contribution in [3.63, 3.8) is 0 Å². The largest absolute Gasteiger partial charge is 0.490 e. The van der Waals surface area contributed by atoms with E-state index in [9.17, 15) is 18.0 Å². The van der Waals surface area contributed by atoms with Gasteiger partial charge >= 0.3 is 5.97 Å². The number of aromatic carboxylic acids is 1. The van der Waals surface area contributed by atoms with Crippen LogP contribution in [-0.4, -0.2) is 17.7 Å². The fourth-order valence-electron chi connectivity index (χ4n) is 5.55. The van der Waals surface area contributed by atoms with E-state index < -0.39 is 29.1 Å². The van der Waals surface area contributed by atoms with Gasteiger partial charge in [-0.05, 0) is 54.7 Å². The molecule has 0 amide bonds. The zero-order valence-electron chi connectivity index (χ0n) is 19.9. The van der Waals surface area contributed by atoms with Gasteiger partial charge in [-0.1, -0.05) is 43.0 Å². The second-order valence-electron chi connectivity index (χ2n) is 9.64. The predicted molar refractivity (Wildman–Crippen MR) is 136 cm³/mol. The Morgan fingerprint density at radius 3 is 2.14 bits per heavy atom. The molecule has 3 N–H and O–H groups in total. The van der Waals surface area contributed by atoms with Crippen LogP contribution in [0.25, 0.3) is 0 Å². The number of ether oxygens (including phenoxy) is 1. The van der Waals surface area contributed by atoms with Crippen LogP contribution in [0.4, 0.5) is 24.5 Å². The molecule has 2 aliphatic rings. The van der Waals surface area contributed by atoms with Crippen molar-refractivity contribution in [2.45, 2.75) is 37.8 Å². The van der Waals surface area contributed by atoms with Gasteiger partial charge in [0.25, 0.3) is 0 Å². The molecule has 9 heteroatoms. The van der Waals surface area contributed by atoms with Crippen molar-refractivity contribution < 1.29 is 27.8 Å². The summed E-state index contributed by atoms with van der Waals surface area (Å²) >= 11 is 6.17. The SMILES string of the molecule is O=C(O)c1ccc(OCC(C2CCCCC2)C2(c3ccc(Cl)cc3)Nc3cc(F)c(F)cc3N2)c(F)c1. The van der Waals surface area contributed by atoms with Crippen LogP contribution in [0.1, 0.15) is 48.0 Å². The fraction of sp³-hybridized carbons (Fsp3) is 0.321. The van der Waals surface area contributed by atoms with Gasteiger partial charge in [0, 0.05) is 23.1 Å². The molecule has 5 nitrogen and oxygen atoms in total. The highest BCUT2D eigenvalue weighted by Crippen LogP contribution is 2.49. The lowest BCUT2D eigenvalue weighted by Crippen LogP contribution is -2.51. The van der Waals surface area contributed by atoms with Crippen molar-refractivity contribution in [3.8, 4) is 5.75 Å². The van der Waals surface area contributed by atoms with Crippen molar-refractivity contribution in [2.75, 3.05) is 17.2 Å². The maximum atomic E-state index is 14.7. The highest BCUT2D eigenvalue weighted by Gasteiger charge is 2.49. The zero-order valence-corrected chi connectivity index (χ0v) is 20.6. The van der Waals surface area contributed by atoms with Crippen LogP contribution < -0.4 is 15.4 Å². The summed E-state index contributed by atoms with van der Waals surface area (Å²) in [4.78, 5) is 11.2. The zero-order chi connectivity index (χ0) is 26.2. The van der Waals surface area contributed by atoms with Crippen molar-refractivity contribution in [1.29, 1.82) is 0 Å². The first-order chi connectivity index (χ1) is 17.8. The van der Waals surface area contributed by atoms with Crippen LogP contribution in [0.15, 0.2) is 54.6 Å². The van der Waals surface area contributed by atoms with Crippen LogP contribution in [0.3, 0.4) is 0 Å². The molecule has 1 atom stereocenters. The minimum Gasteiger partial charge on any atom is -0.490 e. The molecule has 194 valence electrons. The van der Waals surface area contributed by atoms with E-state index in [1.807, 2.05) is 12.1 Å². The first kappa shape index (κ1) is 25.3. The number of fused-ring (bicyclic) bond motifs is 1. The quantitative estimate of drug-likeness (QED) is 0.296. The summed E-state index contributed by atoms with van der Waals surface area (Å²) in [5.74, 6) is -4.16. The van der Waals surface area contributed by atoms with E-state index in [0.717, 1.165) is 55.9 Å². The van der Waals surface area contributed by atoms with Gasteiger partial charge in [0.15, 0.2) is 23.2 Å². The fourth-order valence-corrected chi connectivity index (χ4v) is 5.67. The molecule has 3 aromatic carbocycles. The highest BCUT2D eigenvalue weighted by molar-refractivity contribution is 6.30. The highest BCUT2D eigenvalue weighted by atomic mass is 35.5. The van der Waals surface area contributed by atoms with Gasteiger partial charge in [0.05, 0.1) is 23.5 Å². The normalized spacial score (nSPS) is 17.4. The van der Waals surface area contributed by atoms with E-state index >= 15 is 0 Å². The molecule has 0 bridgehead atoms. The number of hydrogen-bond acceptors (Lipinski definition) is 4. The van der Waals surface area contributed by atoms with E-state index in [-0.39, 0.29) is 29.8 Å². The Labute approximate surface area is 217 Å². The number of carboxylic acid groups (broad SMARTS) is 1. The molecular weight excluding hydrogens is 505 g/mol. The molecule has 1 aliphatic carbocycles. The second kappa shape index (κ2) is 10.2. The van der Waals surface area contributed by atoms with E-state index in [2.05, 4.69) is 10.6 Å². The van der Waals surface area contributed by atoms with Crippen LogP contribution in [0.2, 0.25) is 5.02 Å². The molecule has 3 aromatic rings. The Bertz CT molecular complexity index is 1280. The Kier molecular flexibility index (Phi) is 6.94. The average Bonchev–Trinajstić information content (AvgIpc) is 3.25. The molecule has 37 heavy (non-hydrogen) atoms. The van der Waals surface area contributed by atoms with Crippen molar-refractivity contribution >= 4 is 28.9 Å². The summed E-state index contributed by atoms with van der Waals surface area (Å²) in [6, 6.07) is 13.0. The summed E-state index contributed by atoms with van der Waals surface area (Å²) in [6.45, 7) is 0.0651. The van der Waals surface area contributed by atoms with Crippen molar-refractivity contribution in [1.82, 2.24) is 0 Å². The number of benzene rings is 3. The summed E-state index contributed by atoms with van der Waals surface area (Å²) in [6.07, 6.45) is 4.98. The molecule has 5 rings (SSSR count). The lowest BCUT2D eigenvalue weighted by molar-refractivity contribution is 0.0696. The minimum atomic E-state index is -1.23. The summed E-state index contributed by atoms with van der Waals surface area (Å²) < 4.78 is 49.1. The van der Waals surface area contributed by atoms with Gasteiger partial charge in [-0.3, -0.25) is 0 Å². The molecule has 1 unspecified atom stereocenters. The Morgan fingerprint density at radius 1 is 0.946 bits per heavy atom. The summed E-state index contributed by atoms with van der Waals surface area (Å²) in [7, 11) is 0. The maximum absolute atomic E-state index is 14.7. The van der Waals surface area contributed by atoms with Crippen LogP contribution >= 0.6 is 11.6 Å². The minimum absolute atomic E-state index is 0.0651.